The topological polar surface area (TPSA) is 224 Å². The second kappa shape index (κ2) is 42.6. The Morgan fingerprint density at radius 2 is 0.860 bits per heavy atom. The van der Waals surface area contributed by atoms with Crippen molar-refractivity contribution in [1.29, 1.82) is 10.5 Å². The van der Waals surface area contributed by atoms with Crippen LogP contribution < -0.4 is 0 Å². The van der Waals surface area contributed by atoms with Crippen LogP contribution in [-0.2, 0) is 28.7 Å². The van der Waals surface area contributed by atoms with E-state index in [1.165, 1.54) is 129 Å². The van der Waals surface area contributed by atoms with Gasteiger partial charge in [0, 0.05) is 24.2 Å². The summed E-state index contributed by atoms with van der Waals surface area (Å²) >= 11 is 0. The van der Waals surface area contributed by atoms with Crippen LogP contribution in [0.25, 0.3) is 0 Å². The molecule has 2 aliphatic heterocycles. The fourth-order valence-corrected chi connectivity index (χ4v) is 10.6. The number of esters is 2. The van der Waals surface area contributed by atoms with Gasteiger partial charge in [-0.1, -0.05) is 185 Å². The highest BCUT2D eigenvalue weighted by atomic mass is 16.5. The zero-order valence-electron chi connectivity index (χ0n) is 52.5. The van der Waals surface area contributed by atoms with Crippen molar-refractivity contribution in [2.45, 2.75) is 239 Å². The van der Waals surface area contributed by atoms with Crippen molar-refractivity contribution >= 4 is 46.9 Å². The standard InChI is InChI=1S/C70H98N8O8/c1-6-8-10-12-14-16-18-20-22-24-26-28-30-32-34-40-49-85-69(83)57-44-36-38-46-61(57)73-75-63-59(51-71)55(4)65(79)77(67(63)81)48-42-43-54(3)53-78-66(80)56(5)60(52-72)64(68(78)82)76-74-62-47-39-37-45-58(62)70(84)86-50-41-35-33-31-29-27-25-23-21-19-17-15-13-11-9-7-2/h20-23,36-39,44-47,54,63-64H,6-19,24-35,40-43,48-50,53H2,1-5H3/b22-20+,23-21+,75-73?,76-74?. The van der Waals surface area contributed by atoms with E-state index in [-0.39, 0.29) is 83.4 Å². The van der Waals surface area contributed by atoms with Crippen LogP contribution in [0.15, 0.2) is 116 Å². The molecule has 4 rings (SSSR count). The van der Waals surface area contributed by atoms with Gasteiger partial charge in [0.1, 0.15) is 0 Å². The van der Waals surface area contributed by atoms with Crippen LogP contribution >= 0.6 is 0 Å². The molecule has 0 spiro atoms. The lowest BCUT2D eigenvalue weighted by atomic mass is 9.94. The quantitative estimate of drug-likeness (QED) is 0.0200. The number of nitrogens with zero attached hydrogens (tertiary/aromatic N) is 8. The second-order valence-electron chi connectivity index (χ2n) is 23.0. The van der Waals surface area contributed by atoms with E-state index in [4.69, 9.17) is 9.47 Å². The highest BCUT2D eigenvalue weighted by Gasteiger charge is 2.42. The van der Waals surface area contributed by atoms with E-state index < -0.39 is 47.7 Å². The highest BCUT2D eigenvalue weighted by molar-refractivity contribution is 6.12. The summed E-state index contributed by atoms with van der Waals surface area (Å²) < 4.78 is 11.2. The molecular weight excluding hydrogens is 1080 g/mol. The number of carbonyl (C=O) groups excluding carboxylic acids is 6. The van der Waals surface area contributed by atoms with E-state index in [9.17, 15) is 39.3 Å². The van der Waals surface area contributed by atoms with E-state index in [2.05, 4.69) is 58.6 Å². The normalized spacial score (nSPS) is 16.2. The molecule has 2 aromatic rings. The zero-order chi connectivity index (χ0) is 62.2. The number of rotatable bonds is 44. The first-order valence-electron chi connectivity index (χ1n) is 32.5. The van der Waals surface area contributed by atoms with E-state index in [0.29, 0.717) is 6.42 Å². The van der Waals surface area contributed by atoms with Gasteiger partial charge in [0.25, 0.3) is 23.6 Å². The van der Waals surface area contributed by atoms with Gasteiger partial charge in [0.15, 0.2) is 12.1 Å². The molecule has 0 saturated carbocycles. The Morgan fingerprint density at radius 3 is 1.26 bits per heavy atom. The van der Waals surface area contributed by atoms with Gasteiger partial charge < -0.3 is 9.47 Å². The number of nitriles is 2. The van der Waals surface area contributed by atoms with E-state index >= 15 is 0 Å². The lowest BCUT2D eigenvalue weighted by Gasteiger charge is -2.31. The van der Waals surface area contributed by atoms with E-state index in [1.807, 2.05) is 19.1 Å². The maximum atomic E-state index is 14.0. The Morgan fingerprint density at radius 1 is 0.512 bits per heavy atom. The minimum absolute atomic E-state index is 0.0374. The number of ether oxygens (including phenoxy) is 2. The summed E-state index contributed by atoms with van der Waals surface area (Å²) in [6.07, 6.45) is 42.7. The van der Waals surface area contributed by atoms with Crippen LogP contribution in [0.4, 0.5) is 11.4 Å². The Kier molecular flexibility index (Phi) is 35.3. The Bertz CT molecular complexity index is 2750. The van der Waals surface area contributed by atoms with Gasteiger partial charge in [0.05, 0.1) is 59.0 Å². The van der Waals surface area contributed by atoms with Crippen molar-refractivity contribution in [3.8, 4) is 12.1 Å². The fraction of sp³-hybridized carbons (Fsp3) is 0.600. The summed E-state index contributed by atoms with van der Waals surface area (Å²) in [6, 6.07) is 13.9. The molecular formula is C70H98N8O8. The van der Waals surface area contributed by atoms with Crippen LogP contribution in [-0.4, -0.2) is 83.8 Å². The maximum absolute atomic E-state index is 14.0. The average Bonchev–Trinajstić information content (AvgIpc) is 2.56. The number of unbranched alkanes of at least 4 members (excludes halogenated alkanes) is 24. The number of imide groups is 2. The molecule has 0 saturated heterocycles. The molecule has 86 heavy (non-hydrogen) atoms. The van der Waals surface area contributed by atoms with Crippen molar-refractivity contribution in [2.75, 3.05) is 26.3 Å². The smallest absolute Gasteiger partial charge is 0.340 e. The van der Waals surface area contributed by atoms with E-state index in [0.717, 1.165) is 74.0 Å². The number of allylic oxidation sites excluding steroid dienone is 4. The zero-order valence-corrected chi connectivity index (χ0v) is 52.5. The van der Waals surface area contributed by atoms with Crippen LogP contribution in [0.1, 0.15) is 248 Å². The van der Waals surface area contributed by atoms with Crippen molar-refractivity contribution in [3.63, 3.8) is 0 Å². The third-order valence-electron chi connectivity index (χ3n) is 15.9. The molecule has 0 N–H and O–H groups in total. The molecule has 2 aliphatic rings. The molecule has 0 aromatic heterocycles. The number of azo groups is 2. The Hall–Kier alpha value is -7.20. The molecule has 3 unspecified atom stereocenters. The lowest BCUT2D eigenvalue weighted by Crippen LogP contribution is -2.50. The van der Waals surface area contributed by atoms with Crippen LogP contribution in [0, 0.1) is 28.6 Å². The van der Waals surface area contributed by atoms with Crippen molar-refractivity contribution in [3.05, 3.63) is 106 Å². The molecule has 3 atom stereocenters. The Labute approximate surface area is 513 Å². The molecule has 0 radical (unpaired) electrons. The minimum atomic E-state index is -1.45. The van der Waals surface area contributed by atoms with Crippen molar-refractivity contribution < 1.29 is 38.2 Å². The van der Waals surface area contributed by atoms with Crippen LogP contribution in [0.3, 0.4) is 0 Å². The molecule has 16 nitrogen and oxygen atoms in total. The summed E-state index contributed by atoms with van der Waals surface area (Å²) in [5.41, 5.74) is 0.375. The van der Waals surface area contributed by atoms with Gasteiger partial charge in [-0.3, -0.25) is 29.0 Å². The van der Waals surface area contributed by atoms with Gasteiger partial charge in [0.2, 0.25) is 0 Å². The predicted molar refractivity (Wildman–Crippen MR) is 337 cm³/mol. The molecule has 16 heteroatoms. The Balaban J connectivity index is 1.23. The first-order valence-corrected chi connectivity index (χ1v) is 32.5. The lowest BCUT2D eigenvalue weighted by molar-refractivity contribution is -0.145. The third kappa shape index (κ3) is 25.0. The van der Waals surface area contributed by atoms with Crippen molar-refractivity contribution in [1.82, 2.24) is 9.80 Å². The second-order valence-corrected chi connectivity index (χ2v) is 23.0. The van der Waals surface area contributed by atoms with Gasteiger partial charge in [-0.25, -0.2) is 9.59 Å². The maximum Gasteiger partial charge on any atom is 0.340 e. The average molecular weight is 1180 g/mol. The van der Waals surface area contributed by atoms with Crippen LogP contribution in [0.2, 0.25) is 0 Å². The van der Waals surface area contributed by atoms with Gasteiger partial charge in [-0.15, -0.1) is 0 Å². The van der Waals surface area contributed by atoms with Gasteiger partial charge in [-0.2, -0.15) is 31.0 Å². The molecule has 0 bridgehead atoms. The summed E-state index contributed by atoms with van der Waals surface area (Å²) in [4.78, 5) is 83.7. The molecule has 2 heterocycles. The third-order valence-corrected chi connectivity index (χ3v) is 15.9. The van der Waals surface area contributed by atoms with Crippen LogP contribution in [0.5, 0.6) is 0 Å². The molecule has 466 valence electrons. The van der Waals surface area contributed by atoms with Gasteiger partial charge >= 0.3 is 11.9 Å². The summed E-state index contributed by atoms with van der Waals surface area (Å²) in [6.45, 7) is 9.57. The number of amides is 4. The summed E-state index contributed by atoms with van der Waals surface area (Å²) in [5, 5.41) is 37.2. The molecule has 0 fully saturated rings. The molecule has 2 aromatic carbocycles. The van der Waals surface area contributed by atoms with Crippen molar-refractivity contribution in [2.24, 2.45) is 26.4 Å². The first-order chi connectivity index (χ1) is 41.9. The minimum Gasteiger partial charge on any atom is -0.462 e. The molecule has 0 aliphatic carbocycles. The summed E-state index contributed by atoms with van der Waals surface area (Å²) in [5.74, 6) is -4.31. The largest absolute Gasteiger partial charge is 0.462 e. The number of carbonyl (C=O) groups is 6. The van der Waals surface area contributed by atoms with Gasteiger partial charge in [-0.05, 0) is 121 Å². The summed E-state index contributed by atoms with van der Waals surface area (Å²) in [7, 11) is 0. The predicted octanol–water partition coefficient (Wildman–Crippen LogP) is 17.5. The number of hydrogen-bond acceptors (Lipinski definition) is 14. The fourth-order valence-electron chi connectivity index (χ4n) is 10.6. The monoisotopic (exact) mass is 1180 g/mol. The number of hydrogen-bond donors (Lipinski definition) is 0. The highest BCUT2D eigenvalue weighted by Crippen LogP contribution is 2.30. The first kappa shape index (κ1) is 71.3. The number of benzene rings is 2. The molecule has 4 amide bonds. The van der Waals surface area contributed by atoms with E-state index in [1.54, 1.807) is 48.5 Å². The SMILES string of the molecule is CCCCCCCC/C=C/CCCCCCCCOC(=O)c1ccccc1N=NC1C(=O)N(CCCC(C)CN2C(=O)C(C)=C(C#N)C(N=Nc3ccccc3C(=O)OCCCCCCCC/C=C/CCCCCCCC)C2=O)C(=O)C(C)=C1C#N.